The molecule has 12 heteroatoms. The van der Waals surface area contributed by atoms with Crippen molar-refractivity contribution in [3.63, 3.8) is 0 Å². The average molecular weight is 348 g/mol. The molecule has 0 aliphatic rings. The Morgan fingerprint density at radius 2 is 1.48 bits per heavy atom. The Kier molecular flexibility index (Phi) is 6.71. The maximum Gasteiger partial charge on any atom is 0.527 e. The van der Waals surface area contributed by atoms with Crippen LogP contribution < -0.4 is 0 Å². The zero-order valence-corrected chi connectivity index (χ0v) is 12.2. The van der Waals surface area contributed by atoms with Crippen molar-refractivity contribution in [3.05, 3.63) is 0 Å². The highest BCUT2D eigenvalue weighted by atomic mass is 31.2. The Hall–Kier alpha value is -0.350. The van der Waals surface area contributed by atoms with E-state index in [1.807, 2.05) is 0 Å². The van der Waals surface area contributed by atoms with Crippen molar-refractivity contribution in [2.45, 2.75) is 19.3 Å². The Morgan fingerprint density at radius 1 is 1.10 bits per heavy atom. The van der Waals surface area contributed by atoms with Crippen LogP contribution in [0, 0.1) is 5.92 Å². The van der Waals surface area contributed by atoms with E-state index in [0.29, 0.717) is 0 Å². The van der Waals surface area contributed by atoms with Gasteiger partial charge in [0.15, 0.2) is 13.1 Å². The van der Waals surface area contributed by atoms with Crippen molar-refractivity contribution in [3.8, 4) is 0 Å². The highest BCUT2D eigenvalue weighted by molar-refractivity contribution is 7.45. The fraction of sp³-hybridized carbons (Fsp3) is 1.00. The number of quaternary nitrogens is 1. The molecule has 1 unspecified atom stereocenters. The smallest absolute Gasteiger partial charge is 0.384 e. The molecule has 0 aliphatic heterocycles. The minimum absolute atomic E-state index is 0.226. The van der Waals surface area contributed by atoms with Gasteiger partial charge in [-0.15, -0.1) is 0 Å². The minimum Gasteiger partial charge on any atom is -0.384 e. The van der Waals surface area contributed by atoms with Gasteiger partial charge in [-0.25, -0.2) is 8.82 Å². The first-order valence-corrected chi connectivity index (χ1v) is 7.23. The zero-order chi connectivity index (χ0) is 17.1. The van der Waals surface area contributed by atoms with Crippen molar-refractivity contribution in [2.24, 2.45) is 5.92 Å². The van der Waals surface area contributed by atoms with E-state index in [2.05, 4.69) is 4.74 Å². The second-order valence-electron chi connectivity index (χ2n) is 4.90. The van der Waals surface area contributed by atoms with Crippen LogP contribution in [0.15, 0.2) is 0 Å². The Labute approximate surface area is 117 Å². The van der Waals surface area contributed by atoms with E-state index in [9.17, 15) is 30.9 Å². The van der Waals surface area contributed by atoms with Gasteiger partial charge in [0.2, 0.25) is 0 Å². The van der Waals surface area contributed by atoms with Crippen LogP contribution in [0.3, 0.4) is 0 Å². The lowest BCUT2D eigenvalue weighted by Crippen LogP contribution is -2.56. The van der Waals surface area contributed by atoms with Gasteiger partial charge >= 0.3 is 20.1 Å². The molecular weight excluding hydrogens is 331 g/mol. The fourth-order valence-corrected chi connectivity index (χ4v) is 3.24. The summed E-state index contributed by atoms with van der Waals surface area (Å²) in [4.78, 5) is 18.2. The lowest BCUT2D eigenvalue weighted by Gasteiger charge is -2.40. The highest BCUT2D eigenvalue weighted by Crippen LogP contribution is 2.52. The molecule has 0 spiro atoms. The van der Waals surface area contributed by atoms with Crippen LogP contribution in [0.5, 0.6) is 0 Å². The highest BCUT2D eigenvalue weighted by Gasteiger charge is 2.58. The number of rotatable bonds is 7. The topological polar surface area (TPSA) is 66.8 Å². The van der Waals surface area contributed by atoms with Crippen molar-refractivity contribution in [2.75, 3.05) is 33.4 Å². The van der Waals surface area contributed by atoms with E-state index in [-0.39, 0.29) is 6.61 Å². The summed E-state index contributed by atoms with van der Waals surface area (Å²) in [7, 11) is -4.56. The number of halogens is 6. The summed E-state index contributed by atoms with van der Waals surface area (Å²) in [6, 6.07) is 0. The first-order valence-electron chi connectivity index (χ1n) is 5.66. The van der Waals surface area contributed by atoms with E-state index >= 15 is 0 Å². The molecule has 128 valence electrons. The van der Waals surface area contributed by atoms with Crippen LogP contribution >= 0.6 is 7.75 Å². The van der Waals surface area contributed by atoms with Crippen molar-refractivity contribution in [1.29, 1.82) is 0 Å². The Bertz CT molecular complexity index is 363. The Morgan fingerprint density at radius 3 is 1.71 bits per heavy atom. The van der Waals surface area contributed by atoms with Gasteiger partial charge in [0.25, 0.3) is 0 Å². The van der Waals surface area contributed by atoms with E-state index in [0.717, 1.165) is 0 Å². The molecule has 0 saturated carbocycles. The minimum atomic E-state index is -5.74. The van der Waals surface area contributed by atoms with Gasteiger partial charge in [0.1, 0.15) is 0 Å². The molecule has 0 aromatic carbocycles. The molecule has 0 fully saturated rings. The van der Waals surface area contributed by atoms with E-state index in [1.165, 1.54) is 14.0 Å². The van der Waals surface area contributed by atoms with Crippen LogP contribution in [0.4, 0.5) is 26.3 Å². The van der Waals surface area contributed by atoms with Gasteiger partial charge < -0.3 is 4.74 Å². The molecule has 0 saturated heterocycles. The summed E-state index contributed by atoms with van der Waals surface area (Å²) < 4.78 is 88.8. The second-order valence-corrected chi connectivity index (χ2v) is 6.77. The van der Waals surface area contributed by atoms with E-state index in [1.54, 1.807) is 0 Å². The number of nitrogens with zero attached hydrogens (tertiary/aromatic N) is 1. The first kappa shape index (κ1) is 20.6. The molecule has 2 N–H and O–H groups in total. The van der Waals surface area contributed by atoms with Crippen LogP contribution in [-0.2, 0) is 9.30 Å². The second kappa shape index (κ2) is 6.82. The van der Waals surface area contributed by atoms with Gasteiger partial charge in [-0.1, -0.05) is 6.92 Å². The maximum absolute atomic E-state index is 12.5. The van der Waals surface area contributed by atoms with Gasteiger partial charge in [-0.2, -0.15) is 26.3 Å². The molecule has 0 radical (unpaired) electrons. The predicted octanol–water partition coefficient (Wildman–Crippen LogP) is 2.30. The monoisotopic (exact) mass is 348 g/mol. The molecule has 0 aliphatic carbocycles. The molecule has 0 amide bonds. The molecule has 21 heavy (non-hydrogen) atoms. The molecule has 0 aromatic heterocycles. The van der Waals surface area contributed by atoms with Crippen LogP contribution in [0.25, 0.3) is 0 Å². The number of ether oxygens (including phenoxy) is 1. The fourth-order valence-electron chi connectivity index (χ4n) is 2.06. The molecule has 0 aromatic rings. The third kappa shape index (κ3) is 7.46. The number of alkyl halides is 6. The van der Waals surface area contributed by atoms with E-state index in [4.69, 9.17) is 9.79 Å². The van der Waals surface area contributed by atoms with Gasteiger partial charge in [0, 0.05) is 13.0 Å². The third-order valence-corrected chi connectivity index (χ3v) is 4.15. The maximum atomic E-state index is 12.5. The molecule has 1 atom stereocenters. The summed E-state index contributed by atoms with van der Waals surface area (Å²) in [5.41, 5.74) is 0. The van der Waals surface area contributed by atoms with Crippen LogP contribution in [0.1, 0.15) is 6.92 Å². The molecular formula is C9H17F6NO4P+. The number of hydrogen-bond donors (Lipinski definition) is 2. The van der Waals surface area contributed by atoms with Gasteiger partial charge in [0.05, 0.1) is 13.2 Å². The normalized spacial score (nSPS) is 16.1. The summed E-state index contributed by atoms with van der Waals surface area (Å²) >= 11 is 0. The summed E-state index contributed by atoms with van der Waals surface area (Å²) in [6.45, 7) is -4.54. The Balaban J connectivity index is 5.69. The average Bonchev–Trinajstić information content (AvgIpc) is 2.09. The van der Waals surface area contributed by atoms with Crippen LogP contribution in [-0.4, -0.2) is 59.7 Å². The molecule has 5 nitrogen and oxygen atoms in total. The largest absolute Gasteiger partial charge is 0.527 e. The van der Waals surface area contributed by atoms with Gasteiger partial charge in [-0.3, -0.25) is 9.79 Å². The van der Waals surface area contributed by atoms with E-state index < -0.39 is 49.9 Å². The van der Waals surface area contributed by atoms with Gasteiger partial charge in [-0.05, 0) is 0 Å². The number of hydrogen-bond acceptors (Lipinski definition) is 2. The van der Waals surface area contributed by atoms with Crippen molar-refractivity contribution in [1.82, 2.24) is 0 Å². The summed E-state index contributed by atoms with van der Waals surface area (Å²) in [5, 5.41) is 0. The van der Waals surface area contributed by atoms with Crippen molar-refractivity contribution >= 4 is 7.75 Å². The van der Waals surface area contributed by atoms with Crippen molar-refractivity contribution < 1.29 is 49.7 Å². The summed E-state index contributed by atoms with van der Waals surface area (Å²) in [6.07, 6.45) is -10.3. The predicted molar refractivity (Wildman–Crippen MR) is 60.1 cm³/mol. The summed E-state index contributed by atoms with van der Waals surface area (Å²) in [5.74, 6) is -0.910. The lowest BCUT2D eigenvalue weighted by atomic mass is 10.2. The molecule has 0 heterocycles. The zero-order valence-electron chi connectivity index (χ0n) is 11.3. The molecule has 0 rings (SSSR count). The number of methoxy groups -OCH3 is 1. The third-order valence-electron chi connectivity index (χ3n) is 2.60. The quantitative estimate of drug-likeness (QED) is 0.547. The van der Waals surface area contributed by atoms with Crippen LogP contribution in [0.2, 0.25) is 0 Å². The lowest BCUT2D eigenvalue weighted by molar-refractivity contribution is -0.850. The molecule has 0 bridgehead atoms. The SMILES string of the molecule is COCC(C)C[N+](CC(F)(F)F)(CC(F)(F)F)P(=O)(O)O. The standard InChI is InChI=1S/C9H16F6NO4P/c1-7(4-20-2)3-16(21(17,18)19,5-8(10,11)12)6-9(13,14)15/h7H,3-6H2,1-2H3,(H-,17,18,19)/p+1. The first-order chi connectivity index (χ1) is 9.12.